The van der Waals surface area contributed by atoms with Crippen molar-refractivity contribution in [3.63, 3.8) is 0 Å². The van der Waals surface area contributed by atoms with E-state index in [2.05, 4.69) is 15.9 Å². The molecular formula is C13H15BrO2S. The zero-order chi connectivity index (χ0) is 12.3. The number of hydrogen-bond donors (Lipinski definition) is 1. The van der Waals surface area contributed by atoms with Crippen molar-refractivity contribution in [3.8, 4) is 0 Å². The largest absolute Gasteiger partial charge is 0.478 e. The van der Waals surface area contributed by atoms with Crippen LogP contribution in [-0.4, -0.2) is 16.3 Å². The maximum Gasteiger partial charge on any atom is 0.335 e. The molecule has 1 aliphatic carbocycles. The van der Waals surface area contributed by atoms with Crippen LogP contribution in [0.1, 0.15) is 42.5 Å². The van der Waals surface area contributed by atoms with Gasteiger partial charge in [0.25, 0.3) is 0 Å². The van der Waals surface area contributed by atoms with Gasteiger partial charge in [0.15, 0.2) is 0 Å². The Morgan fingerprint density at radius 1 is 1.24 bits per heavy atom. The molecule has 1 aliphatic rings. The molecule has 1 aromatic carbocycles. The lowest BCUT2D eigenvalue weighted by Gasteiger charge is -2.21. The molecule has 4 heteroatoms. The van der Waals surface area contributed by atoms with Gasteiger partial charge < -0.3 is 5.11 Å². The fourth-order valence-electron chi connectivity index (χ4n) is 2.13. The zero-order valence-electron chi connectivity index (χ0n) is 9.49. The van der Waals surface area contributed by atoms with E-state index in [9.17, 15) is 4.79 Å². The summed E-state index contributed by atoms with van der Waals surface area (Å²) in [5, 5.41) is 9.66. The third-order valence-electron chi connectivity index (χ3n) is 2.97. The molecule has 17 heavy (non-hydrogen) atoms. The normalized spacial score (nSPS) is 17.0. The second-order valence-electron chi connectivity index (χ2n) is 4.36. The van der Waals surface area contributed by atoms with E-state index in [0.29, 0.717) is 10.8 Å². The van der Waals surface area contributed by atoms with Crippen LogP contribution in [0.15, 0.2) is 27.6 Å². The molecule has 1 fully saturated rings. The molecular weight excluding hydrogens is 300 g/mol. The Balaban J connectivity index is 2.11. The fraction of sp³-hybridized carbons (Fsp3) is 0.462. The summed E-state index contributed by atoms with van der Waals surface area (Å²) in [5.74, 6) is -0.864. The molecule has 0 saturated heterocycles. The SMILES string of the molecule is O=C(O)c1cc(Br)cc(SC2CCCCC2)c1. The van der Waals surface area contributed by atoms with Crippen molar-refractivity contribution in [2.24, 2.45) is 0 Å². The molecule has 0 heterocycles. The van der Waals surface area contributed by atoms with Gasteiger partial charge >= 0.3 is 5.97 Å². The van der Waals surface area contributed by atoms with Crippen LogP contribution < -0.4 is 0 Å². The van der Waals surface area contributed by atoms with E-state index in [0.717, 1.165) is 9.37 Å². The Kier molecular flexibility index (Phi) is 4.51. The summed E-state index contributed by atoms with van der Waals surface area (Å²) < 4.78 is 0.843. The maximum atomic E-state index is 11.0. The standard InChI is InChI=1S/C13H15BrO2S/c14-10-6-9(13(15)16)7-12(8-10)17-11-4-2-1-3-5-11/h6-8,11H,1-5H2,(H,15,16). The van der Waals surface area contributed by atoms with Crippen LogP contribution in [0.5, 0.6) is 0 Å². The zero-order valence-corrected chi connectivity index (χ0v) is 11.9. The van der Waals surface area contributed by atoms with Gasteiger partial charge in [-0.2, -0.15) is 0 Å². The molecule has 1 N–H and O–H groups in total. The smallest absolute Gasteiger partial charge is 0.335 e. The molecule has 2 rings (SSSR count). The molecule has 1 aromatic rings. The first kappa shape index (κ1) is 13.0. The van der Waals surface area contributed by atoms with Crippen LogP contribution in [0.2, 0.25) is 0 Å². The molecule has 0 bridgehead atoms. The lowest BCUT2D eigenvalue weighted by atomic mass is 10.0. The summed E-state index contributed by atoms with van der Waals surface area (Å²) in [4.78, 5) is 12.0. The Hall–Kier alpha value is -0.480. The lowest BCUT2D eigenvalue weighted by molar-refractivity contribution is 0.0696. The highest BCUT2D eigenvalue weighted by Crippen LogP contribution is 2.35. The molecule has 0 unspecified atom stereocenters. The predicted molar refractivity (Wildman–Crippen MR) is 73.8 cm³/mol. The highest BCUT2D eigenvalue weighted by Gasteiger charge is 2.15. The van der Waals surface area contributed by atoms with Crippen LogP contribution in [0.25, 0.3) is 0 Å². The van der Waals surface area contributed by atoms with Crippen LogP contribution in [-0.2, 0) is 0 Å². The molecule has 0 atom stereocenters. The van der Waals surface area contributed by atoms with E-state index in [-0.39, 0.29) is 0 Å². The minimum absolute atomic E-state index is 0.359. The second kappa shape index (κ2) is 5.91. The summed E-state index contributed by atoms with van der Waals surface area (Å²) in [7, 11) is 0. The van der Waals surface area contributed by atoms with Gasteiger partial charge in [-0.05, 0) is 31.0 Å². The van der Waals surface area contributed by atoms with Gasteiger partial charge in [0, 0.05) is 14.6 Å². The maximum absolute atomic E-state index is 11.0. The number of rotatable bonds is 3. The third kappa shape index (κ3) is 3.75. The first-order valence-electron chi connectivity index (χ1n) is 5.86. The third-order valence-corrected chi connectivity index (χ3v) is 4.74. The molecule has 0 amide bonds. The number of benzene rings is 1. The minimum atomic E-state index is -0.864. The number of carboxylic acid groups (broad SMARTS) is 1. The highest BCUT2D eigenvalue weighted by atomic mass is 79.9. The van der Waals surface area contributed by atoms with Gasteiger partial charge in [0.05, 0.1) is 5.56 Å². The monoisotopic (exact) mass is 314 g/mol. The predicted octanol–water partition coefficient (Wildman–Crippen LogP) is 4.57. The van der Waals surface area contributed by atoms with Crippen molar-refractivity contribution in [1.29, 1.82) is 0 Å². The van der Waals surface area contributed by atoms with E-state index < -0.39 is 5.97 Å². The first-order chi connectivity index (χ1) is 8.15. The molecule has 0 aromatic heterocycles. The lowest BCUT2D eigenvalue weighted by Crippen LogP contribution is -2.07. The van der Waals surface area contributed by atoms with Crippen molar-refractivity contribution in [3.05, 3.63) is 28.2 Å². The van der Waals surface area contributed by atoms with E-state index in [1.54, 1.807) is 12.1 Å². The van der Waals surface area contributed by atoms with Gasteiger partial charge in [-0.25, -0.2) is 4.79 Å². The molecule has 92 valence electrons. The second-order valence-corrected chi connectivity index (χ2v) is 6.65. The van der Waals surface area contributed by atoms with Gasteiger partial charge in [0.1, 0.15) is 0 Å². The molecule has 0 aliphatic heterocycles. The Bertz CT molecular complexity index is 414. The molecule has 0 radical (unpaired) electrons. The number of aromatic carboxylic acids is 1. The van der Waals surface area contributed by atoms with Gasteiger partial charge in [-0.3, -0.25) is 0 Å². The van der Waals surface area contributed by atoms with E-state index >= 15 is 0 Å². The van der Waals surface area contributed by atoms with E-state index in [1.807, 2.05) is 17.8 Å². The van der Waals surface area contributed by atoms with Crippen LogP contribution in [0.4, 0.5) is 0 Å². The quantitative estimate of drug-likeness (QED) is 0.887. The average Bonchev–Trinajstić information content (AvgIpc) is 2.29. The van der Waals surface area contributed by atoms with Gasteiger partial charge in [-0.1, -0.05) is 35.2 Å². The Labute approximate surface area is 114 Å². The van der Waals surface area contributed by atoms with Crippen molar-refractivity contribution in [1.82, 2.24) is 0 Å². The molecule has 1 saturated carbocycles. The summed E-state index contributed by atoms with van der Waals surface area (Å²) in [6.07, 6.45) is 6.45. The Morgan fingerprint density at radius 2 is 1.94 bits per heavy atom. The molecule has 2 nitrogen and oxygen atoms in total. The van der Waals surface area contributed by atoms with E-state index in [1.165, 1.54) is 32.1 Å². The fourth-order valence-corrected chi connectivity index (χ4v) is 4.12. The van der Waals surface area contributed by atoms with Crippen LogP contribution >= 0.6 is 27.7 Å². The van der Waals surface area contributed by atoms with Crippen molar-refractivity contribution >= 4 is 33.7 Å². The number of carbonyl (C=O) groups is 1. The van der Waals surface area contributed by atoms with Crippen molar-refractivity contribution in [2.45, 2.75) is 42.2 Å². The van der Waals surface area contributed by atoms with Crippen molar-refractivity contribution in [2.75, 3.05) is 0 Å². The van der Waals surface area contributed by atoms with Crippen molar-refractivity contribution < 1.29 is 9.90 Å². The van der Waals surface area contributed by atoms with Crippen LogP contribution in [0.3, 0.4) is 0 Å². The minimum Gasteiger partial charge on any atom is -0.478 e. The topological polar surface area (TPSA) is 37.3 Å². The number of carboxylic acids is 1. The average molecular weight is 315 g/mol. The van der Waals surface area contributed by atoms with Crippen LogP contribution in [0, 0.1) is 0 Å². The van der Waals surface area contributed by atoms with Gasteiger partial charge in [-0.15, -0.1) is 11.8 Å². The summed E-state index contributed by atoms with van der Waals surface area (Å²) in [6.45, 7) is 0. The molecule has 0 spiro atoms. The Morgan fingerprint density at radius 3 is 2.59 bits per heavy atom. The van der Waals surface area contributed by atoms with E-state index in [4.69, 9.17) is 5.11 Å². The highest BCUT2D eigenvalue weighted by molar-refractivity contribution is 9.10. The summed E-state index contributed by atoms with van der Waals surface area (Å²) >= 11 is 5.19. The first-order valence-corrected chi connectivity index (χ1v) is 7.53. The number of thioether (sulfide) groups is 1. The summed E-state index contributed by atoms with van der Waals surface area (Å²) in [6, 6.07) is 5.42. The number of halogens is 1. The number of hydrogen-bond acceptors (Lipinski definition) is 2. The van der Waals surface area contributed by atoms with Gasteiger partial charge in [0.2, 0.25) is 0 Å². The summed E-state index contributed by atoms with van der Waals surface area (Å²) in [5.41, 5.74) is 0.359.